The summed E-state index contributed by atoms with van der Waals surface area (Å²) in [5.41, 5.74) is 5.66. The van der Waals surface area contributed by atoms with E-state index < -0.39 is 0 Å². The van der Waals surface area contributed by atoms with Crippen molar-refractivity contribution in [2.75, 3.05) is 93.4 Å². The zero-order valence-electron chi connectivity index (χ0n) is 34.4. The second kappa shape index (κ2) is 18.6. The molecule has 0 aromatic carbocycles. The van der Waals surface area contributed by atoms with Gasteiger partial charge in [-0.15, -0.1) is 20.4 Å². The average molecular weight is 848 g/mol. The van der Waals surface area contributed by atoms with Crippen LogP contribution in [0.25, 0.3) is 22.1 Å². The van der Waals surface area contributed by atoms with Crippen LogP contribution in [0.3, 0.4) is 0 Å². The third-order valence-electron chi connectivity index (χ3n) is 11.7. The fourth-order valence-electron chi connectivity index (χ4n) is 8.45. The Morgan fingerprint density at radius 2 is 1.15 bits per heavy atom. The Hall–Kier alpha value is -5.17. The van der Waals surface area contributed by atoms with E-state index in [0.29, 0.717) is 18.4 Å². The topological polar surface area (TPSA) is 169 Å². The number of carbonyl (C=O) groups is 1. The molecule has 60 heavy (non-hydrogen) atoms. The zero-order chi connectivity index (χ0) is 40.8. The van der Waals surface area contributed by atoms with Crippen LogP contribution in [0.4, 0.5) is 33.3 Å². The number of fused-ring (bicyclic) bond motifs is 2. The number of pyridine rings is 4. The number of aromatic nitrogens is 8. The highest BCUT2D eigenvalue weighted by molar-refractivity contribution is 7.15. The molecule has 3 N–H and O–H groups in total. The van der Waals surface area contributed by atoms with Gasteiger partial charge in [0.2, 0.25) is 16.2 Å². The number of anilines is 6. The van der Waals surface area contributed by atoms with Gasteiger partial charge in [-0.1, -0.05) is 48.4 Å². The maximum Gasteiger partial charge on any atom is 0.236 e. The largest absolute Gasteiger partial charge is 0.368 e. The van der Waals surface area contributed by atoms with Crippen molar-refractivity contribution in [3.63, 3.8) is 0 Å². The first kappa shape index (κ1) is 40.2. The standard InChI is InChI=1S/C23H30N8OS.C19H23N7S/c1-29(2)15-21(32)31-11-9-30(10-12-31)17-13-19-18(24-14-17)7-8-20(25-19)26-23-28-27-22(33-23)16-5-3-4-6-16;1-2-4-13(3-1)18-24-25-19(27-18)23-17-6-5-15-16(22-17)11-14(12-21-15)26-9-7-20-8-10-26/h7-8,13-14,16H,3-6,9-12,15H2,1-2H3,(H,25,26,28);5-6,11-13,20H,1-4,7-10H2,(H,22,23,25). The lowest BCUT2D eigenvalue weighted by atomic mass is 10.1. The number of piperazine rings is 2. The predicted octanol–water partition coefficient (Wildman–Crippen LogP) is 6.38. The van der Waals surface area contributed by atoms with Crippen molar-refractivity contribution in [1.82, 2.24) is 55.4 Å². The average Bonchev–Trinajstić information content (AvgIpc) is 4.13. The van der Waals surface area contributed by atoms with Crippen molar-refractivity contribution < 1.29 is 4.79 Å². The maximum absolute atomic E-state index is 12.3. The van der Waals surface area contributed by atoms with Crippen molar-refractivity contribution >= 4 is 83.9 Å². The van der Waals surface area contributed by atoms with E-state index in [1.807, 2.05) is 60.6 Å². The molecule has 0 radical (unpaired) electrons. The number of hydrogen-bond donors (Lipinski definition) is 3. The maximum atomic E-state index is 12.3. The van der Waals surface area contributed by atoms with E-state index in [4.69, 9.17) is 9.97 Å². The number of rotatable bonds is 10. The highest BCUT2D eigenvalue weighted by Gasteiger charge is 2.24. The van der Waals surface area contributed by atoms with Gasteiger partial charge >= 0.3 is 0 Å². The van der Waals surface area contributed by atoms with Crippen LogP contribution >= 0.6 is 22.7 Å². The first-order chi connectivity index (χ1) is 29.4. The molecule has 2 aliphatic heterocycles. The molecule has 2 saturated heterocycles. The van der Waals surface area contributed by atoms with Crippen molar-refractivity contribution in [2.45, 2.75) is 63.2 Å². The number of carbonyl (C=O) groups excluding carboxylic acids is 1. The number of nitrogens with zero attached hydrogens (tertiary/aromatic N) is 12. The van der Waals surface area contributed by atoms with E-state index >= 15 is 0 Å². The molecule has 314 valence electrons. The Balaban J connectivity index is 0.000000157. The summed E-state index contributed by atoms with van der Waals surface area (Å²) in [7, 11) is 3.84. The minimum absolute atomic E-state index is 0.182. The van der Waals surface area contributed by atoms with Crippen molar-refractivity contribution in [2.24, 2.45) is 0 Å². The Kier molecular flexibility index (Phi) is 12.5. The Labute approximate surface area is 358 Å². The quantitative estimate of drug-likeness (QED) is 0.139. The number of nitrogens with one attached hydrogen (secondary N) is 3. The molecule has 16 nitrogen and oxygen atoms in total. The predicted molar refractivity (Wildman–Crippen MR) is 240 cm³/mol. The summed E-state index contributed by atoms with van der Waals surface area (Å²) in [6, 6.07) is 12.1. The highest BCUT2D eigenvalue weighted by atomic mass is 32.1. The van der Waals surface area contributed by atoms with Gasteiger partial charge in [0.15, 0.2) is 0 Å². The fourth-order valence-corrected chi connectivity index (χ4v) is 10.3. The lowest BCUT2D eigenvalue weighted by molar-refractivity contribution is -0.132. The van der Waals surface area contributed by atoms with Gasteiger partial charge in [0, 0.05) is 64.2 Å². The van der Waals surface area contributed by atoms with Crippen LogP contribution in [0.1, 0.15) is 73.2 Å². The van der Waals surface area contributed by atoms with Crippen LogP contribution in [-0.2, 0) is 4.79 Å². The van der Waals surface area contributed by atoms with Crippen molar-refractivity contribution in [3.05, 3.63) is 58.8 Å². The van der Waals surface area contributed by atoms with Crippen molar-refractivity contribution in [1.29, 1.82) is 0 Å². The Morgan fingerprint density at radius 3 is 1.63 bits per heavy atom. The minimum Gasteiger partial charge on any atom is -0.368 e. The molecule has 2 aliphatic carbocycles. The van der Waals surface area contributed by atoms with Crippen molar-refractivity contribution in [3.8, 4) is 0 Å². The number of hydrogen-bond acceptors (Lipinski definition) is 17. The lowest BCUT2D eigenvalue weighted by Crippen LogP contribution is -2.50. The zero-order valence-corrected chi connectivity index (χ0v) is 36.0. The van der Waals surface area contributed by atoms with E-state index in [1.165, 1.54) is 51.4 Å². The minimum atomic E-state index is 0.182. The van der Waals surface area contributed by atoms with E-state index in [0.717, 1.165) is 118 Å². The summed E-state index contributed by atoms with van der Waals surface area (Å²) in [5, 5.41) is 31.3. The summed E-state index contributed by atoms with van der Waals surface area (Å²) in [6.07, 6.45) is 13.9. The SMILES string of the molecule is CN(C)CC(=O)N1CCN(c2cnc3ccc(Nc4nnc(C5CCCC5)s4)nc3c2)CC1.c1nc2ccc(Nc3nnc(C4CCCC4)s3)nc2cc1N1CCNCC1. The molecule has 4 fully saturated rings. The first-order valence-corrected chi connectivity index (χ1v) is 22.9. The van der Waals surface area contributed by atoms with Gasteiger partial charge in [-0.3, -0.25) is 14.8 Å². The van der Waals surface area contributed by atoms with Crippen LogP contribution in [-0.4, -0.2) is 129 Å². The monoisotopic (exact) mass is 847 g/mol. The highest BCUT2D eigenvalue weighted by Crippen LogP contribution is 2.38. The van der Waals surface area contributed by atoms with Gasteiger partial charge in [-0.05, 0) is 76.2 Å². The molecule has 0 bridgehead atoms. The van der Waals surface area contributed by atoms with Crippen LogP contribution in [0, 0.1) is 0 Å². The molecule has 6 aromatic rings. The molecule has 0 spiro atoms. The second-order valence-corrected chi connectivity index (χ2v) is 18.3. The summed E-state index contributed by atoms with van der Waals surface area (Å²) in [6.45, 7) is 7.49. The van der Waals surface area contributed by atoms with Crippen LogP contribution in [0.15, 0.2) is 48.8 Å². The normalized spacial score (nSPS) is 17.8. The van der Waals surface area contributed by atoms with E-state index in [1.54, 1.807) is 22.7 Å². The van der Waals surface area contributed by atoms with E-state index in [-0.39, 0.29) is 5.91 Å². The summed E-state index contributed by atoms with van der Waals surface area (Å²) in [5.74, 6) is 2.87. The molecular weight excluding hydrogens is 795 g/mol. The summed E-state index contributed by atoms with van der Waals surface area (Å²) < 4.78 is 0. The molecule has 8 heterocycles. The van der Waals surface area contributed by atoms with Crippen LogP contribution < -0.4 is 25.8 Å². The van der Waals surface area contributed by atoms with Gasteiger partial charge in [0.25, 0.3) is 0 Å². The summed E-state index contributed by atoms with van der Waals surface area (Å²) >= 11 is 3.28. The molecule has 0 atom stereocenters. The van der Waals surface area contributed by atoms with Gasteiger partial charge in [0.05, 0.1) is 52.4 Å². The van der Waals surface area contributed by atoms with Gasteiger partial charge in [-0.25, -0.2) is 9.97 Å². The van der Waals surface area contributed by atoms with E-state index in [9.17, 15) is 4.79 Å². The van der Waals surface area contributed by atoms with Gasteiger partial charge in [0.1, 0.15) is 21.7 Å². The van der Waals surface area contributed by atoms with Crippen LogP contribution in [0.2, 0.25) is 0 Å². The molecule has 2 saturated carbocycles. The van der Waals surface area contributed by atoms with Crippen LogP contribution in [0.5, 0.6) is 0 Å². The molecule has 10 rings (SSSR count). The van der Waals surface area contributed by atoms with E-state index in [2.05, 4.69) is 68.2 Å². The Bertz CT molecular complexity index is 2380. The smallest absolute Gasteiger partial charge is 0.236 e. The van der Waals surface area contributed by atoms with Gasteiger partial charge in [-0.2, -0.15) is 0 Å². The molecular formula is C42H53N15OS2. The summed E-state index contributed by atoms with van der Waals surface area (Å²) in [4.78, 5) is 39.5. The molecule has 18 heteroatoms. The number of amides is 1. The molecule has 0 unspecified atom stereocenters. The molecule has 4 aliphatic rings. The fraction of sp³-hybridized carbons (Fsp3) is 0.500. The lowest BCUT2D eigenvalue weighted by Gasteiger charge is -2.36. The second-order valence-electron chi connectivity index (χ2n) is 16.3. The molecule has 1 amide bonds. The Morgan fingerprint density at radius 1 is 0.667 bits per heavy atom. The number of likely N-dealkylation sites (N-methyl/N-ethyl adjacent to an activating group) is 1. The molecule has 6 aromatic heterocycles. The van der Waals surface area contributed by atoms with Gasteiger partial charge < -0.3 is 35.6 Å². The third-order valence-corrected chi connectivity index (χ3v) is 13.7. The third kappa shape index (κ3) is 9.72. The first-order valence-electron chi connectivity index (χ1n) is 21.3.